The predicted octanol–water partition coefficient (Wildman–Crippen LogP) is 2.16. The molecule has 1 heterocycles. The van der Waals surface area contributed by atoms with Gasteiger partial charge >= 0.3 is 0 Å². The molecule has 0 saturated carbocycles. The first-order chi connectivity index (χ1) is 6.91. The van der Waals surface area contributed by atoms with Gasteiger partial charge in [-0.15, -0.1) is 0 Å². The number of rotatable bonds is 0. The molecule has 1 aliphatic heterocycles. The van der Waals surface area contributed by atoms with Gasteiger partial charge in [-0.25, -0.2) is 4.99 Å². The molecular weight excluding hydrogens is 206 g/mol. The molecule has 93 valence electrons. The first-order valence-corrected chi connectivity index (χ1v) is 5.46. The number of nitrogens with zero attached hydrogens (tertiary/aromatic N) is 3. The van der Waals surface area contributed by atoms with E-state index in [1.807, 2.05) is 13.8 Å². The summed E-state index contributed by atoms with van der Waals surface area (Å²) < 4.78 is 0. The van der Waals surface area contributed by atoms with Crippen LogP contribution in [0.25, 0.3) is 0 Å². The molecule has 0 aromatic heterocycles. The van der Waals surface area contributed by atoms with Gasteiger partial charge in [0, 0.05) is 5.54 Å². The maximum Gasteiger partial charge on any atom is 0.214 e. The fraction of sp³-hybridized carbons (Fsp3) is 0.909. The minimum absolute atomic E-state index is 0.0255. The Bertz CT molecular complexity index is 316. The molecule has 0 spiro atoms. The van der Waals surface area contributed by atoms with Crippen molar-refractivity contribution in [2.24, 2.45) is 4.99 Å². The minimum Gasteiger partial charge on any atom is -0.756 e. The van der Waals surface area contributed by atoms with Gasteiger partial charge in [-0.1, -0.05) is 5.21 Å². The van der Waals surface area contributed by atoms with Crippen molar-refractivity contribution in [1.82, 2.24) is 10.1 Å². The summed E-state index contributed by atoms with van der Waals surface area (Å²) in [5.41, 5.74) is -1.91. The summed E-state index contributed by atoms with van der Waals surface area (Å²) in [7, 11) is 0. The lowest BCUT2D eigenvalue weighted by Crippen LogP contribution is -2.54. The fourth-order valence-corrected chi connectivity index (χ4v) is 1.36. The van der Waals surface area contributed by atoms with Crippen LogP contribution >= 0.6 is 0 Å². The Morgan fingerprint density at radius 2 is 1.69 bits per heavy atom. The van der Waals surface area contributed by atoms with Gasteiger partial charge < -0.3 is 10.3 Å². The molecule has 0 saturated heterocycles. The van der Waals surface area contributed by atoms with Crippen molar-refractivity contribution in [3.63, 3.8) is 0 Å². The summed E-state index contributed by atoms with van der Waals surface area (Å²) in [5, 5.41) is 25.5. The first kappa shape index (κ1) is 13.3. The van der Waals surface area contributed by atoms with Crippen molar-refractivity contribution >= 4 is 5.96 Å². The molecule has 0 atom stereocenters. The topological polar surface area (TPSA) is 61.8 Å². The van der Waals surface area contributed by atoms with Crippen LogP contribution in [-0.4, -0.2) is 32.7 Å². The van der Waals surface area contributed by atoms with Crippen molar-refractivity contribution in [2.45, 2.75) is 65.1 Å². The predicted molar refractivity (Wildman–Crippen MR) is 63.1 cm³/mol. The first-order valence-electron chi connectivity index (χ1n) is 5.46. The lowest BCUT2D eigenvalue weighted by Gasteiger charge is -2.45. The lowest BCUT2D eigenvalue weighted by molar-refractivity contribution is -0.166. The normalized spacial score (nSPS) is 23.3. The van der Waals surface area contributed by atoms with Gasteiger partial charge in [-0.2, -0.15) is 5.06 Å². The van der Waals surface area contributed by atoms with Gasteiger partial charge in [-0.05, 0) is 48.5 Å². The molecule has 0 N–H and O–H groups in total. The summed E-state index contributed by atoms with van der Waals surface area (Å²) >= 11 is 0. The highest BCUT2D eigenvalue weighted by Gasteiger charge is 2.51. The standard InChI is InChI=1S/C11H21N3O2/c1-9(2,3)13(15)8-12-10(4,5)11(6,7)14(8)16/h1-7H3/q-1. The Morgan fingerprint density at radius 3 is 1.94 bits per heavy atom. The van der Waals surface area contributed by atoms with Gasteiger partial charge in [-0.3, -0.25) is 0 Å². The molecule has 0 amide bonds. The molecule has 1 aliphatic rings. The van der Waals surface area contributed by atoms with Crippen molar-refractivity contribution in [2.75, 3.05) is 0 Å². The SMILES string of the molecule is CC(C)(C)N([O-])C1=NC(C)(C)C(C)(C)N1[O]. The van der Waals surface area contributed by atoms with Crippen LogP contribution in [0.2, 0.25) is 0 Å². The average Bonchev–Trinajstić information content (AvgIpc) is 2.23. The molecule has 5 nitrogen and oxygen atoms in total. The van der Waals surface area contributed by atoms with Gasteiger partial charge in [0.1, 0.15) is 0 Å². The van der Waals surface area contributed by atoms with E-state index < -0.39 is 16.6 Å². The largest absolute Gasteiger partial charge is 0.756 e. The Hall–Kier alpha value is -0.810. The number of hydroxylamine groups is 4. The number of aliphatic imine (C=N–C) groups is 1. The number of hydrogen-bond acceptors (Lipinski definition) is 4. The second kappa shape index (κ2) is 3.34. The highest BCUT2D eigenvalue weighted by atomic mass is 16.6. The molecule has 5 heteroatoms. The Kier molecular flexibility index (Phi) is 2.77. The monoisotopic (exact) mass is 227 g/mol. The summed E-state index contributed by atoms with van der Waals surface area (Å²) in [6, 6.07) is 0. The summed E-state index contributed by atoms with van der Waals surface area (Å²) in [6.45, 7) is 12.6. The zero-order valence-corrected chi connectivity index (χ0v) is 11.2. The smallest absolute Gasteiger partial charge is 0.214 e. The Morgan fingerprint density at radius 1 is 1.25 bits per heavy atom. The van der Waals surface area contributed by atoms with Crippen LogP contribution < -0.4 is 0 Å². The summed E-state index contributed by atoms with van der Waals surface area (Å²) in [6.07, 6.45) is 0. The molecule has 0 aromatic carbocycles. The highest BCUT2D eigenvalue weighted by molar-refractivity contribution is 5.83. The van der Waals surface area contributed by atoms with E-state index in [4.69, 9.17) is 0 Å². The maximum absolute atomic E-state index is 12.1. The van der Waals surface area contributed by atoms with E-state index in [2.05, 4.69) is 4.99 Å². The van der Waals surface area contributed by atoms with Crippen LogP contribution in [0.1, 0.15) is 48.5 Å². The Balaban J connectivity index is 3.11. The Labute approximate surface area is 97.3 Å². The van der Waals surface area contributed by atoms with Crippen molar-refractivity contribution in [3.8, 4) is 0 Å². The molecule has 0 bridgehead atoms. The van der Waals surface area contributed by atoms with E-state index in [1.54, 1.807) is 34.6 Å². The molecule has 1 rings (SSSR count). The van der Waals surface area contributed by atoms with Crippen molar-refractivity contribution in [3.05, 3.63) is 5.21 Å². The molecule has 0 unspecified atom stereocenters. The third-order valence-electron chi connectivity index (χ3n) is 3.36. The van der Waals surface area contributed by atoms with Crippen LogP contribution in [0, 0.1) is 5.21 Å². The average molecular weight is 227 g/mol. The van der Waals surface area contributed by atoms with Crippen LogP contribution in [0.5, 0.6) is 0 Å². The number of hydrogen-bond donors (Lipinski definition) is 0. The van der Waals surface area contributed by atoms with Crippen LogP contribution in [-0.2, 0) is 5.21 Å². The summed E-state index contributed by atoms with van der Waals surface area (Å²) in [4.78, 5) is 4.26. The van der Waals surface area contributed by atoms with E-state index in [9.17, 15) is 10.4 Å². The van der Waals surface area contributed by atoms with Gasteiger partial charge in [0.05, 0.1) is 11.1 Å². The molecule has 1 radical (unpaired) electrons. The zero-order valence-electron chi connectivity index (χ0n) is 11.2. The second-order valence-corrected chi connectivity index (χ2v) is 6.29. The van der Waals surface area contributed by atoms with Crippen molar-refractivity contribution < 1.29 is 5.21 Å². The van der Waals surface area contributed by atoms with Crippen molar-refractivity contribution in [1.29, 1.82) is 0 Å². The molecule has 0 aromatic rings. The van der Waals surface area contributed by atoms with E-state index in [0.29, 0.717) is 5.06 Å². The molecule has 0 fully saturated rings. The van der Waals surface area contributed by atoms with Gasteiger partial charge in [0.15, 0.2) is 0 Å². The molecular formula is C11H21N3O2-. The zero-order chi connectivity index (χ0) is 12.9. The van der Waals surface area contributed by atoms with Crippen LogP contribution in [0.15, 0.2) is 4.99 Å². The maximum atomic E-state index is 12.1. The summed E-state index contributed by atoms with van der Waals surface area (Å²) in [5.74, 6) is -0.0255. The fourth-order valence-electron chi connectivity index (χ4n) is 1.36. The van der Waals surface area contributed by atoms with Gasteiger partial charge in [0.25, 0.3) is 0 Å². The minimum atomic E-state index is -0.698. The van der Waals surface area contributed by atoms with E-state index >= 15 is 0 Å². The van der Waals surface area contributed by atoms with Crippen LogP contribution in [0.3, 0.4) is 0 Å². The van der Waals surface area contributed by atoms with E-state index in [-0.39, 0.29) is 5.96 Å². The third kappa shape index (κ3) is 1.78. The quantitative estimate of drug-likeness (QED) is 0.596. The van der Waals surface area contributed by atoms with Gasteiger partial charge in [0.2, 0.25) is 5.96 Å². The number of guanidine groups is 1. The lowest BCUT2D eigenvalue weighted by atomic mass is 9.84. The molecule has 16 heavy (non-hydrogen) atoms. The van der Waals surface area contributed by atoms with E-state index in [1.165, 1.54) is 0 Å². The third-order valence-corrected chi connectivity index (χ3v) is 3.36. The highest BCUT2D eigenvalue weighted by Crippen LogP contribution is 2.38. The van der Waals surface area contributed by atoms with E-state index in [0.717, 1.165) is 5.06 Å². The second-order valence-electron chi connectivity index (χ2n) is 6.29. The van der Waals surface area contributed by atoms with Crippen LogP contribution in [0.4, 0.5) is 0 Å². The molecule has 0 aliphatic carbocycles.